The predicted molar refractivity (Wildman–Crippen MR) is 142 cm³/mol. The van der Waals surface area contributed by atoms with Crippen molar-refractivity contribution in [1.82, 2.24) is 4.31 Å². The van der Waals surface area contributed by atoms with Crippen molar-refractivity contribution in [3.8, 4) is 5.75 Å². The number of anilines is 2. The number of aryl methyl sites for hydroxylation is 1. The Labute approximate surface area is 217 Å². The average Bonchev–Trinajstić information content (AvgIpc) is 2.90. The molecule has 1 fully saturated rings. The molecule has 1 saturated heterocycles. The third-order valence-corrected chi connectivity index (χ3v) is 9.46. The Morgan fingerprint density at radius 3 is 2.16 bits per heavy atom. The quantitative estimate of drug-likeness (QED) is 0.439. The van der Waals surface area contributed by atoms with Gasteiger partial charge in [0.15, 0.2) is 0 Å². The number of piperidine rings is 1. The van der Waals surface area contributed by atoms with Crippen molar-refractivity contribution >= 4 is 37.3 Å². The fraction of sp³-hybridized carbons (Fsp3) is 0.269. The SMILES string of the molecule is COc1ccc(S(=O)(=O)N2CCCCC2)cc1C(=O)Nc1ccc(S(=O)(=O)Nc2ccccc2C)cc1. The first-order valence-electron chi connectivity index (χ1n) is 11.8. The van der Waals surface area contributed by atoms with Crippen LogP contribution in [0.5, 0.6) is 5.75 Å². The molecular formula is C26H29N3O6S2. The molecule has 0 spiro atoms. The van der Waals surface area contributed by atoms with Gasteiger partial charge in [-0.1, -0.05) is 24.6 Å². The van der Waals surface area contributed by atoms with E-state index < -0.39 is 26.0 Å². The molecule has 0 aliphatic carbocycles. The first-order valence-corrected chi connectivity index (χ1v) is 14.7. The molecule has 0 atom stereocenters. The summed E-state index contributed by atoms with van der Waals surface area (Å²) in [5.41, 5.74) is 1.66. The number of rotatable bonds is 8. The highest BCUT2D eigenvalue weighted by molar-refractivity contribution is 7.92. The summed E-state index contributed by atoms with van der Waals surface area (Å²) in [6, 6.07) is 16.9. The molecule has 0 aromatic heterocycles. The number of carbonyl (C=O) groups excluding carboxylic acids is 1. The molecule has 11 heteroatoms. The summed E-state index contributed by atoms with van der Waals surface area (Å²) in [4.78, 5) is 13.1. The Hall–Kier alpha value is -3.41. The van der Waals surface area contributed by atoms with Gasteiger partial charge in [0.25, 0.3) is 15.9 Å². The topological polar surface area (TPSA) is 122 Å². The van der Waals surface area contributed by atoms with Gasteiger partial charge in [0, 0.05) is 18.8 Å². The van der Waals surface area contributed by atoms with Gasteiger partial charge in [0.05, 0.1) is 28.2 Å². The first-order chi connectivity index (χ1) is 17.6. The average molecular weight is 544 g/mol. The number of amides is 1. The molecule has 1 aliphatic rings. The first kappa shape index (κ1) is 26.6. The molecule has 9 nitrogen and oxygen atoms in total. The summed E-state index contributed by atoms with van der Waals surface area (Å²) in [5.74, 6) is -0.363. The van der Waals surface area contributed by atoms with Crippen molar-refractivity contribution in [2.75, 3.05) is 30.2 Å². The van der Waals surface area contributed by atoms with Gasteiger partial charge in [-0.25, -0.2) is 16.8 Å². The number of ether oxygens (including phenoxy) is 1. The minimum atomic E-state index is -3.83. The van der Waals surface area contributed by atoms with Crippen LogP contribution in [0.1, 0.15) is 35.2 Å². The summed E-state index contributed by atoms with van der Waals surface area (Å²) >= 11 is 0. The van der Waals surface area contributed by atoms with Crippen molar-refractivity contribution < 1.29 is 26.4 Å². The maximum Gasteiger partial charge on any atom is 0.261 e. The van der Waals surface area contributed by atoms with Crippen molar-refractivity contribution in [1.29, 1.82) is 0 Å². The normalized spacial score (nSPS) is 14.6. The molecular weight excluding hydrogens is 514 g/mol. The lowest BCUT2D eigenvalue weighted by Crippen LogP contribution is -2.35. The van der Waals surface area contributed by atoms with Crippen LogP contribution in [0.2, 0.25) is 0 Å². The van der Waals surface area contributed by atoms with Crippen molar-refractivity contribution in [3.05, 3.63) is 77.9 Å². The Morgan fingerprint density at radius 2 is 1.51 bits per heavy atom. The molecule has 0 saturated carbocycles. The van der Waals surface area contributed by atoms with E-state index in [4.69, 9.17) is 4.74 Å². The van der Waals surface area contributed by atoms with Crippen LogP contribution < -0.4 is 14.8 Å². The van der Waals surface area contributed by atoms with Gasteiger partial charge in [-0.15, -0.1) is 0 Å². The predicted octanol–water partition coefficient (Wildman–Crippen LogP) is 4.23. The Kier molecular flexibility index (Phi) is 7.86. The summed E-state index contributed by atoms with van der Waals surface area (Å²) in [7, 11) is -6.18. The maximum atomic E-state index is 13.1. The molecule has 196 valence electrons. The van der Waals surface area contributed by atoms with E-state index in [9.17, 15) is 21.6 Å². The van der Waals surface area contributed by atoms with Crippen LogP contribution in [0.4, 0.5) is 11.4 Å². The third-order valence-electron chi connectivity index (χ3n) is 6.18. The highest BCUT2D eigenvalue weighted by atomic mass is 32.2. The minimum absolute atomic E-state index is 0.0177. The van der Waals surface area contributed by atoms with Gasteiger partial charge >= 0.3 is 0 Å². The molecule has 37 heavy (non-hydrogen) atoms. The smallest absolute Gasteiger partial charge is 0.261 e. The van der Waals surface area contributed by atoms with E-state index in [1.54, 1.807) is 25.1 Å². The van der Waals surface area contributed by atoms with Gasteiger partial charge in [-0.05, 0) is 73.9 Å². The minimum Gasteiger partial charge on any atom is -0.496 e. The molecule has 4 rings (SSSR count). The number of hydrogen-bond acceptors (Lipinski definition) is 6. The van der Waals surface area contributed by atoms with E-state index in [1.807, 2.05) is 6.07 Å². The maximum absolute atomic E-state index is 13.1. The van der Waals surface area contributed by atoms with E-state index in [0.29, 0.717) is 24.5 Å². The number of nitrogens with one attached hydrogen (secondary N) is 2. The number of nitrogens with zero attached hydrogens (tertiary/aromatic N) is 1. The monoisotopic (exact) mass is 543 g/mol. The second-order valence-electron chi connectivity index (χ2n) is 8.73. The van der Waals surface area contributed by atoms with Crippen LogP contribution in [-0.2, 0) is 20.0 Å². The van der Waals surface area contributed by atoms with Gasteiger partial charge < -0.3 is 10.1 Å². The number of benzene rings is 3. The Balaban J connectivity index is 1.53. The molecule has 2 N–H and O–H groups in total. The highest BCUT2D eigenvalue weighted by Gasteiger charge is 2.28. The van der Waals surface area contributed by atoms with Crippen molar-refractivity contribution in [2.24, 2.45) is 0 Å². The van der Waals surface area contributed by atoms with E-state index in [-0.39, 0.29) is 21.1 Å². The molecule has 0 radical (unpaired) electrons. The molecule has 1 heterocycles. The lowest BCUT2D eigenvalue weighted by molar-refractivity contribution is 0.102. The lowest BCUT2D eigenvalue weighted by atomic mass is 10.2. The van der Waals surface area contributed by atoms with Crippen LogP contribution in [-0.4, -0.2) is 47.2 Å². The summed E-state index contributed by atoms with van der Waals surface area (Å²) < 4.78 is 61.0. The zero-order valence-electron chi connectivity index (χ0n) is 20.6. The molecule has 3 aromatic rings. The number of carbonyl (C=O) groups is 1. The van der Waals surface area contributed by atoms with Crippen LogP contribution in [0.3, 0.4) is 0 Å². The standard InChI is InChI=1S/C26H29N3O6S2/c1-19-8-4-5-9-24(19)28-36(31,32)21-12-10-20(11-13-21)27-26(30)23-18-22(14-15-25(23)35-2)37(33,34)29-16-6-3-7-17-29/h4-5,8-15,18,28H,3,6-7,16-17H2,1-2H3,(H,27,30). The number of hydrogen-bond donors (Lipinski definition) is 2. The summed E-state index contributed by atoms with van der Waals surface area (Å²) in [6.45, 7) is 2.70. The van der Waals surface area contributed by atoms with Crippen molar-refractivity contribution in [2.45, 2.75) is 36.0 Å². The zero-order valence-corrected chi connectivity index (χ0v) is 22.2. The van der Waals surface area contributed by atoms with Gasteiger partial charge in [0.1, 0.15) is 5.75 Å². The van der Waals surface area contributed by atoms with E-state index in [2.05, 4.69) is 10.0 Å². The fourth-order valence-electron chi connectivity index (χ4n) is 4.09. The van der Waals surface area contributed by atoms with Crippen LogP contribution in [0, 0.1) is 6.92 Å². The fourth-order valence-corrected chi connectivity index (χ4v) is 6.76. The number of para-hydroxylation sites is 1. The molecule has 3 aromatic carbocycles. The van der Waals surface area contributed by atoms with Gasteiger partial charge in [-0.2, -0.15) is 4.31 Å². The van der Waals surface area contributed by atoms with E-state index >= 15 is 0 Å². The second kappa shape index (κ2) is 10.9. The van der Waals surface area contributed by atoms with Crippen LogP contribution >= 0.6 is 0 Å². The van der Waals surface area contributed by atoms with Crippen LogP contribution in [0.25, 0.3) is 0 Å². The van der Waals surface area contributed by atoms with E-state index in [1.165, 1.54) is 53.9 Å². The summed E-state index contributed by atoms with van der Waals surface area (Å²) in [5, 5.41) is 2.69. The third kappa shape index (κ3) is 5.95. The lowest BCUT2D eigenvalue weighted by Gasteiger charge is -2.26. The van der Waals surface area contributed by atoms with Gasteiger partial charge in [-0.3, -0.25) is 9.52 Å². The molecule has 0 unspecified atom stereocenters. The number of sulfonamides is 2. The van der Waals surface area contributed by atoms with E-state index in [0.717, 1.165) is 24.8 Å². The molecule has 0 bridgehead atoms. The summed E-state index contributed by atoms with van der Waals surface area (Å²) in [6.07, 6.45) is 2.59. The zero-order chi connectivity index (χ0) is 26.6. The molecule has 1 amide bonds. The second-order valence-corrected chi connectivity index (χ2v) is 12.3. The highest BCUT2D eigenvalue weighted by Crippen LogP contribution is 2.27. The van der Waals surface area contributed by atoms with Crippen molar-refractivity contribution in [3.63, 3.8) is 0 Å². The Morgan fingerprint density at radius 1 is 0.865 bits per heavy atom. The van der Waals surface area contributed by atoms with Gasteiger partial charge in [0.2, 0.25) is 10.0 Å². The largest absolute Gasteiger partial charge is 0.496 e. The Bertz CT molecular complexity index is 1500. The van der Waals surface area contributed by atoms with Crippen LogP contribution in [0.15, 0.2) is 76.5 Å². The molecule has 1 aliphatic heterocycles. The number of methoxy groups -OCH3 is 1.